The van der Waals surface area contributed by atoms with Crippen LogP contribution in [-0.2, 0) is 9.53 Å². The molecule has 0 spiro atoms. The third-order valence-electron chi connectivity index (χ3n) is 3.00. The first-order valence-corrected chi connectivity index (χ1v) is 6.91. The van der Waals surface area contributed by atoms with Crippen LogP contribution in [0.5, 0.6) is 0 Å². The highest BCUT2D eigenvalue weighted by atomic mass is 32.1. The fourth-order valence-corrected chi connectivity index (χ4v) is 2.99. The summed E-state index contributed by atoms with van der Waals surface area (Å²) in [7, 11) is 0. The third kappa shape index (κ3) is 3.10. The van der Waals surface area contributed by atoms with Gasteiger partial charge in [-0.05, 0) is 19.8 Å². The summed E-state index contributed by atoms with van der Waals surface area (Å²) in [6.07, 6.45) is 1.93. The summed E-state index contributed by atoms with van der Waals surface area (Å²) in [5.41, 5.74) is 0.436. The van der Waals surface area contributed by atoms with Crippen molar-refractivity contribution in [3.63, 3.8) is 0 Å². The molecule has 2 rings (SSSR count). The molecule has 1 N–H and O–H groups in total. The van der Waals surface area contributed by atoms with E-state index in [-0.39, 0.29) is 16.9 Å². The number of nitrogens with zero attached hydrogens (tertiary/aromatic N) is 2. The molecule has 1 aliphatic heterocycles. The molecule has 0 bridgehead atoms. The van der Waals surface area contributed by atoms with E-state index >= 15 is 0 Å². The highest BCUT2D eigenvalue weighted by molar-refractivity contribution is 7.17. The summed E-state index contributed by atoms with van der Waals surface area (Å²) in [4.78, 5) is 28.6. The van der Waals surface area contributed by atoms with Gasteiger partial charge in [-0.3, -0.25) is 9.69 Å². The second kappa shape index (κ2) is 5.66. The predicted molar refractivity (Wildman–Crippen MR) is 70.8 cm³/mol. The molecule has 1 unspecified atom stereocenters. The van der Waals surface area contributed by atoms with E-state index in [0.717, 1.165) is 24.2 Å². The lowest BCUT2D eigenvalue weighted by Gasteiger charge is -2.21. The van der Waals surface area contributed by atoms with Gasteiger partial charge in [0.2, 0.25) is 5.91 Å². The number of carbonyl (C=O) groups is 2. The maximum absolute atomic E-state index is 11.7. The highest BCUT2D eigenvalue weighted by Crippen LogP contribution is 2.27. The molecule has 0 aromatic carbocycles. The molecule has 2 heterocycles. The lowest BCUT2D eigenvalue weighted by molar-refractivity contribution is -0.116. The normalized spacial score (nSPS) is 18.5. The van der Waals surface area contributed by atoms with Crippen LogP contribution in [0.3, 0.4) is 0 Å². The molecule has 0 radical (unpaired) electrons. The zero-order chi connectivity index (χ0) is 14.0. The van der Waals surface area contributed by atoms with Crippen LogP contribution < -0.4 is 4.90 Å². The number of carboxylic acids is 1. The van der Waals surface area contributed by atoms with Gasteiger partial charge in [0.15, 0.2) is 5.13 Å². The maximum atomic E-state index is 11.7. The topological polar surface area (TPSA) is 79.7 Å². The van der Waals surface area contributed by atoms with Gasteiger partial charge in [-0.2, -0.15) is 0 Å². The minimum atomic E-state index is -1.01. The van der Waals surface area contributed by atoms with E-state index in [0.29, 0.717) is 24.0 Å². The Morgan fingerprint density at radius 1 is 1.58 bits per heavy atom. The number of anilines is 1. The number of aromatic nitrogens is 1. The van der Waals surface area contributed by atoms with Crippen LogP contribution in [-0.4, -0.2) is 41.2 Å². The third-order valence-corrected chi connectivity index (χ3v) is 4.17. The lowest BCUT2D eigenvalue weighted by atomic mass is 10.2. The number of aromatic carboxylic acids is 1. The summed E-state index contributed by atoms with van der Waals surface area (Å²) < 4.78 is 5.51. The molecule has 1 aromatic rings. The van der Waals surface area contributed by atoms with Crippen molar-refractivity contribution in [1.29, 1.82) is 0 Å². The van der Waals surface area contributed by atoms with Crippen molar-refractivity contribution >= 4 is 28.3 Å². The summed E-state index contributed by atoms with van der Waals surface area (Å²) in [6.45, 7) is 4.23. The van der Waals surface area contributed by atoms with Crippen molar-refractivity contribution < 1.29 is 19.4 Å². The number of ether oxygens (including phenoxy) is 1. The lowest BCUT2D eigenvalue weighted by Crippen LogP contribution is -2.35. The first kappa shape index (κ1) is 14.0. The van der Waals surface area contributed by atoms with Crippen LogP contribution >= 0.6 is 11.3 Å². The number of hydrogen-bond donors (Lipinski definition) is 1. The highest BCUT2D eigenvalue weighted by Gasteiger charge is 2.25. The van der Waals surface area contributed by atoms with Crippen molar-refractivity contribution in [3.8, 4) is 0 Å². The van der Waals surface area contributed by atoms with Gasteiger partial charge in [0.25, 0.3) is 0 Å². The molecule has 104 valence electrons. The molecular weight excluding hydrogens is 268 g/mol. The monoisotopic (exact) mass is 284 g/mol. The van der Waals surface area contributed by atoms with E-state index in [4.69, 9.17) is 9.84 Å². The predicted octanol–water partition coefficient (Wildman–Crippen LogP) is 1.68. The van der Waals surface area contributed by atoms with Crippen molar-refractivity contribution in [2.75, 3.05) is 18.1 Å². The summed E-state index contributed by atoms with van der Waals surface area (Å²) in [6, 6.07) is 0. The average molecular weight is 284 g/mol. The first-order chi connectivity index (χ1) is 8.99. The van der Waals surface area contributed by atoms with Crippen LogP contribution in [0.2, 0.25) is 0 Å². The Labute approximate surface area is 115 Å². The van der Waals surface area contributed by atoms with Gasteiger partial charge >= 0.3 is 5.97 Å². The SMILES string of the molecule is CC(=O)N(CC1CCCO1)c1nc(C)c(C(=O)O)s1. The number of amides is 1. The van der Waals surface area contributed by atoms with E-state index in [2.05, 4.69) is 4.98 Å². The van der Waals surface area contributed by atoms with Gasteiger partial charge in [-0.25, -0.2) is 9.78 Å². The van der Waals surface area contributed by atoms with Gasteiger partial charge in [-0.1, -0.05) is 11.3 Å². The average Bonchev–Trinajstić information content (AvgIpc) is 2.94. The maximum Gasteiger partial charge on any atom is 0.347 e. The quantitative estimate of drug-likeness (QED) is 0.910. The Balaban J connectivity index is 2.20. The van der Waals surface area contributed by atoms with Crippen LogP contribution in [0.15, 0.2) is 0 Å². The molecule has 1 fully saturated rings. The van der Waals surface area contributed by atoms with Crippen LogP contribution in [0.4, 0.5) is 5.13 Å². The number of carbonyl (C=O) groups excluding carboxylic acids is 1. The zero-order valence-electron chi connectivity index (χ0n) is 10.9. The van der Waals surface area contributed by atoms with Gasteiger partial charge in [0, 0.05) is 13.5 Å². The van der Waals surface area contributed by atoms with Crippen molar-refractivity contribution in [2.24, 2.45) is 0 Å². The Kier molecular flexibility index (Phi) is 4.16. The molecule has 1 amide bonds. The van der Waals surface area contributed by atoms with Gasteiger partial charge in [0.1, 0.15) is 4.88 Å². The number of carboxylic acid groups (broad SMARTS) is 1. The first-order valence-electron chi connectivity index (χ1n) is 6.09. The Morgan fingerprint density at radius 3 is 2.79 bits per heavy atom. The fourth-order valence-electron chi connectivity index (χ4n) is 2.03. The van der Waals surface area contributed by atoms with Crippen LogP contribution in [0, 0.1) is 6.92 Å². The summed E-state index contributed by atoms with van der Waals surface area (Å²) in [5, 5.41) is 9.45. The standard InChI is InChI=1S/C12H16N2O4S/c1-7-10(11(16)17)19-12(13-7)14(8(2)15)6-9-4-3-5-18-9/h9H,3-6H2,1-2H3,(H,16,17). The molecule has 7 heteroatoms. The van der Waals surface area contributed by atoms with Crippen LogP contribution in [0.1, 0.15) is 35.1 Å². The zero-order valence-corrected chi connectivity index (χ0v) is 11.7. The molecule has 1 aliphatic rings. The van der Waals surface area contributed by atoms with Crippen LogP contribution in [0.25, 0.3) is 0 Å². The van der Waals surface area contributed by atoms with E-state index in [1.807, 2.05) is 0 Å². The molecule has 19 heavy (non-hydrogen) atoms. The van der Waals surface area contributed by atoms with Gasteiger partial charge in [-0.15, -0.1) is 0 Å². The molecule has 1 atom stereocenters. The number of hydrogen-bond acceptors (Lipinski definition) is 5. The second-order valence-corrected chi connectivity index (χ2v) is 5.46. The fraction of sp³-hybridized carbons (Fsp3) is 0.583. The van der Waals surface area contributed by atoms with Crippen molar-refractivity contribution in [2.45, 2.75) is 32.8 Å². The minimum Gasteiger partial charge on any atom is -0.477 e. The molecular formula is C12H16N2O4S. The number of rotatable bonds is 4. The van der Waals surface area contributed by atoms with E-state index in [1.54, 1.807) is 6.92 Å². The Bertz CT molecular complexity index is 494. The molecule has 1 saturated heterocycles. The molecule has 6 nitrogen and oxygen atoms in total. The van der Waals surface area contributed by atoms with E-state index in [9.17, 15) is 9.59 Å². The molecule has 0 aliphatic carbocycles. The van der Waals surface area contributed by atoms with E-state index < -0.39 is 5.97 Å². The van der Waals surface area contributed by atoms with Gasteiger partial charge in [0.05, 0.1) is 18.3 Å². The Morgan fingerprint density at radius 2 is 2.32 bits per heavy atom. The smallest absolute Gasteiger partial charge is 0.347 e. The van der Waals surface area contributed by atoms with E-state index in [1.165, 1.54) is 11.8 Å². The number of aryl methyl sites for hydroxylation is 1. The van der Waals surface area contributed by atoms with Crippen molar-refractivity contribution in [3.05, 3.63) is 10.6 Å². The summed E-state index contributed by atoms with van der Waals surface area (Å²) in [5.74, 6) is -1.16. The number of thiazole rings is 1. The molecule has 0 saturated carbocycles. The summed E-state index contributed by atoms with van der Waals surface area (Å²) >= 11 is 1.03. The van der Waals surface area contributed by atoms with Gasteiger partial charge < -0.3 is 9.84 Å². The second-order valence-electron chi connectivity index (χ2n) is 4.48. The minimum absolute atomic E-state index is 0.0152. The molecule has 1 aromatic heterocycles. The largest absolute Gasteiger partial charge is 0.477 e. The Hall–Kier alpha value is -1.47. The van der Waals surface area contributed by atoms with Crippen molar-refractivity contribution in [1.82, 2.24) is 4.98 Å².